The van der Waals surface area contributed by atoms with Crippen molar-refractivity contribution in [2.45, 2.75) is 221 Å². The molecular formula is C87H107Cl4N17O27P2S2. The van der Waals surface area contributed by atoms with Crippen LogP contribution in [0.1, 0.15) is 180 Å². The number of aliphatic hydroxyl groups is 4. The molecule has 14 atom stereocenters. The largest absolute Gasteiger partial charge is 0.459 e. The molecule has 4 aliphatic rings. The molecule has 4 aliphatic heterocycles. The van der Waals surface area contributed by atoms with Crippen LogP contribution >= 0.6 is 82.8 Å². The Morgan fingerprint density at radius 1 is 0.554 bits per heavy atom. The fourth-order valence-corrected chi connectivity index (χ4v) is 19.9. The third-order valence-electron chi connectivity index (χ3n) is 21.0. The molecule has 11 heterocycles. The Bertz CT molecular complexity index is 6130. The Morgan fingerprint density at radius 3 is 1.54 bits per heavy atom. The number of amides is 3. The number of ketones is 1. The maximum Gasteiger partial charge on any atom is 0.392 e. The van der Waals surface area contributed by atoms with Gasteiger partial charge in [0.05, 0.1) is 73.6 Å². The normalized spacial score (nSPS) is 20.8. The van der Waals surface area contributed by atoms with E-state index in [0.717, 1.165) is 18.4 Å². The molecule has 14 rings (SSSR count). The molecule has 139 heavy (non-hydrogen) atoms. The van der Waals surface area contributed by atoms with Crippen molar-refractivity contribution in [1.82, 2.24) is 68.1 Å². The summed E-state index contributed by atoms with van der Waals surface area (Å²) in [5, 5.41) is 46.5. The van der Waals surface area contributed by atoms with E-state index in [-0.39, 0.29) is 160 Å². The van der Waals surface area contributed by atoms with Gasteiger partial charge in [-0.15, -0.1) is 0 Å². The first kappa shape index (κ1) is 110. The zero-order valence-corrected chi connectivity index (χ0v) is 83.9. The van der Waals surface area contributed by atoms with Crippen molar-refractivity contribution in [3.8, 4) is 23.3 Å². The van der Waals surface area contributed by atoms with Gasteiger partial charge in [-0.3, -0.25) is 75.8 Å². The molecule has 3 aromatic carbocycles. The third kappa shape index (κ3) is 29.7. The third-order valence-corrected chi connectivity index (χ3v) is 28.8. The van der Waals surface area contributed by atoms with Crippen LogP contribution in [0.2, 0.25) is 20.1 Å². The standard InChI is InChI=1S/C46H49Cl2N10O14PS.C35H42Cl2N7O11PS.2C3H8O/c1-5-36(61)66-23-74-73(65,72-31-17-35(68-32(31)18-59)58-22-52-39-42(58)54-46(55-43(63)24(2)3)56-45(39)71-29-15-27(47)12-13-28(29)48)67-19-33-30(70-37(62)14-11-25(4)60)16-34(69-33)57-21-51-38-40(49-20-50-41(38)57)53-44(64)26-9-7-6-8-10-26;1-7-24-26(55-56(49,57-16-50-20(6)45)51-14-27-23(46)11-28(53-27)43-13-18(4)19(5)39-35(43)48)12-29(52-24)44-15-38-30-31(44)40-34(41-32(47)17(2)3)42-33(30)54-25-10-21(36)8-9-22(25)37;2*1-2-3-4/h6-10,12-13,15,20-22,24,30-35,59H,5,11,14,16-19,23H2,1-4H3,(H,49,50,53,64)(H,54,55,56,63);8-10,13,15,17,23-24,26-29,46H,7,11-12,14,16H2,1-6H3,(H,40,41,42,47);2*4H,2-3H2,1H3/t30-,31-,32-,33-,34-,35-,73?;23-,24-,26-,27-,28-,29-,56?;;/m11../s1. The number of nitrogens with one attached hydrogen (secondary N) is 3. The van der Waals surface area contributed by atoms with Gasteiger partial charge >= 0.3 is 37.2 Å². The minimum atomic E-state index is -4.47. The molecule has 7 N–H and O–H groups in total. The van der Waals surface area contributed by atoms with Crippen LogP contribution in [0.15, 0.2) is 103 Å². The van der Waals surface area contributed by atoms with Gasteiger partial charge in [0, 0.05) is 133 Å². The number of carbonyl (C=O) groups excluding carboxylic acids is 7. The molecule has 0 bridgehead atoms. The topological polar surface area (TPSA) is 556 Å². The minimum Gasteiger partial charge on any atom is -0.459 e. The van der Waals surface area contributed by atoms with E-state index in [4.69, 9.17) is 117 Å². The van der Waals surface area contributed by atoms with Gasteiger partial charge in [0.2, 0.25) is 23.7 Å². The van der Waals surface area contributed by atoms with Crippen molar-refractivity contribution in [2.75, 3.05) is 60.9 Å². The molecule has 3 amide bonds. The number of carbonyl (C=O) groups is 7. The quantitative estimate of drug-likeness (QED) is 0.00814. The van der Waals surface area contributed by atoms with Crippen LogP contribution in [0, 0.1) is 25.7 Å². The number of Topliss-reactive ketones (excluding diaryl/α,β-unsaturated/α-hetero) is 1. The number of nitrogens with zero attached hydrogens (tertiary/aromatic N) is 14. The number of benzene rings is 3. The summed E-state index contributed by atoms with van der Waals surface area (Å²) in [4.78, 5) is 144. The average Bonchev–Trinajstić information content (AvgIpc) is 1.62. The Labute approximate surface area is 824 Å². The van der Waals surface area contributed by atoms with E-state index in [0.29, 0.717) is 63.7 Å². The summed E-state index contributed by atoms with van der Waals surface area (Å²) in [6.45, 7) is 10.7. The van der Waals surface area contributed by atoms with Gasteiger partial charge < -0.3 is 73.2 Å². The molecule has 0 aliphatic carbocycles. The number of aromatic nitrogens is 14. The summed E-state index contributed by atoms with van der Waals surface area (Å²) < 4.78 is 113. The predicted octanol–water partition coefficient (Wildman–Crippen LogP) is 14.9. The SMILES string of the molecule is CCC(=O)OCSP(=O)(OC[C@H]1O[C@@H](n2cnc3c(NC(=O)c4ccccc4)ncnc32)C[C@H]1OC(=O)CCC(C)=O)O[C@@H]1C[C@H](n2cnc3c(Oc4cc(Cl)ccc4Cl)nc(NC(=O)C(C)C)nc32)O[C@@H]1CO.CCCO.CCCO.CC[C@H]1O[C@@H](n2cnc3c(Oc4cc(Cl)ccc4Cl)nc(NC(=O)C(C)C)nc32)C[C@H]1OP(=O)(OC[C@H]1O[C@@H](n2cc(C)c(C)nc2=O)C[C@H]1O)SCOC(C)=O. The molecule has 4 saturated heterocycles. The molecule has 44 nitrogen and oxygen atoms in total. The molecule has 752 valence electrons. The fraction of sp³-hybridized carbons (Fsp3) is 0.494. The number of ether oxygens (including phenoxy) is 9. The number of rotatable bonds is 39. The van der Waals surface area contributed by atoms with Crippen molar-refractivity contribution in [2.24, 2.45) is 11.8 Å². The Hall–Kier alpha value is -9.88. The van der Waals surface area contributed by atoms with E-state index >= 15 is 0 Å². The molecule has 0 spiro atoms. The second-order valence-electron chi connectivity index (χ2n) is 32.1. The van der Waals surface area contributed by atoms with Crippen LogP contribution in [-0.2, 0) is 89.2 Å². The minimum absolute atomic E-state index is 0.00231. The lowest BCUT2D eigenvalue weighted by molar-refractivity contribution is -0.153. The van der Waals surface area contributed by atoms with Gasteiger partial charge in [0.15, 0.2) is 39.3 Å². The molecule has 0 radical (unpaired) electrons. The van der Waals surface area contributed by atoms with Crippen LogP contribution in [-0.4, -0.2) is 224 Å². The van der Waals surface area contributed by atoms with Gasteiger partial charge in [-0.05, 0) is 82.0 Å². The molecular weight excluding hydrogens is 1980 g/mol. The number of imidazole rings is 3. The summed E-state index contributed by atoms with van der Waals surface area (Å²) in [5.74, 6) is -4.82. The van der Waals surface area contributed by atoms with Crippen molar-refractivity contribution in [1.29, 1.82) is 0 Å². The Kier molecular flexibility index (Phi) is 40.3. The molecule has 52 heteroatoms. The lowest BCUT2D eigenvalue weighted by Gasteiger charge is -2.25. The smallest absolute Gasteiger partial charge is 0.392 e. The van der Waals surface area contributed by atoms with Crippen molar-refractivity contribution < 1.29 is 124 Å². The Morgan fingerprint density at radius 2 is 1.04 bits per heavy atom. The second-order valence-corrected chi connectivity index (χ2v) is 41.8. The predicted molar refractivity (Wildman–Crippen MR) is 510 cm³/mol. The highest BCUT2D eigenvalue weighted by Gasteiger charge is 2.48. The number of hydrogen-bond donors (Lipinski definition) is 7. The van der Waals surface area contributed by atoms with Crippen LogP contribution in [0.3, 0.4) is 0 Å². The first-order valence-corrected chi connectivity index (χ1v) is 51.9. The number of esters is 3. The van der Waals surface area contributed by atoms with Gasteiger partial charge in [0.25, 0.3) is 17.7 Å². The summed E-state index contributed by atoms with van der Waals surface area (Å²) in [6, 6.07) is 17.7. The van der Waals surface area contributed by atoms with Crippen molar-refractivity contribution in [3.63, 3.8) is 0 Å². The van der Waals surface area contributed by atoms with Crippen molar-refractivity contribution >= 4 is 175 Å². The van der Waals surface area contributed by atoms with Gasteiger partial charge in [-0.2, -0.15) is 24.9 Å². The monoisotopic (exact) mass is 2090 g/mol. The van der Waals surface area contributed by atoms with E-state index < -0.39 is 148 Å². The van der Waals surface area contributed by atoms with E-state index in [1.165, 1.54) is 66.5 Å². The van der Waals surface area contributed by atoms with Crippen LogP contribution in [0.4, 0.5) is 17.7 Å². The zero-order chi connectivity index (χ0) is 101. The first-order valence-electron chi connectivity index (χ1n) is 44.1. The summed E-state index contributed by atoms with van der Waals surface area (Å²) in [5.41, 5.74) is 2.38. The number of aliphatic hydroxyl groups excluding tert-OH is 4. The maximum absolute atomic E-state index is 15.0. The highest BCUT2D eigenvalue weighted by molar-refractivity contribution is 8.55. The average molecular weight is 2090 g/mol. The highest BCUT2D eigenvalue weighted by atomic mass is 35.5. The van der Waals surface area contributed by atoms with Gasteiger partial charge in [0.1, 0.15) is 90.9 Å². The molecule has 2 unspecified atom stereocenters. The molecule has 10 aromatic rings. The number of fused-ring (bicyclic) bond motifs is 3. The lowest BCUT2D eigenvalue weighted by atomic mass is 10.1. The van der Waals surface area contributed by atoms with Gasteiger partial charge in [-0.25, -0.2) is 38.8 Å². The van der Waals surface area contributed by atoms with E-state index in [9.17, 15) is 57.7 Å². The summed E-state index contributed by atoms with van der Waals surface area (Å²) in [7, 11) is 0. The molecule has 7 aromatic heterocycles. The number of hydrogen-bond acceptors (Lipinski definition) is 39. The maximum atomic E-state index is 15.0. The van der Waals surface area contributed by atoms with Crippen LogP contribution < -0.4 is 31.1 Å². The molecule has 0 saturated carbocycles. The molecule has 4 fully saturated rings. The second kappa shape index (κ2) is 51.2. The summed E-state index contributed by atoms with van der Waals surface area (Å²) >= 11 is 26.4. The van der Waals surface area contributed by atoms with Gasteiger partial charge in [-0.1, -0.05) is 120 Å². The fourth-order valence-electron chi connectivity index (χ4n) is 13.5. The lowest BCUT2D eigenvalue weighted by Crippen LogP contribution is -2.31. The summed E-state index contributed by atoms with van der Waals surface area (Å²) in [6.07, 6.45) is -2.36. The first-order chi connectivity index (χ1) is 66.4. The van der Waals surface area contributed by atoms with Crippen LogP contribution in [0.5, 0.6) is 23.3 Å². The zero-order valence-electron chi connectivity index (χ0n) is 77.5. The van der Waals surface area contributed by atoms with E-state index in [1.807, 2.05) is 20.8 Å². The number of aryl methyl sites for hydroxylation is 2. The number of anilines is 3. The van der Waals surface area contributed by atoms with Crippen molar-refractivity contribution in [3.05, 3.63) is 146 Å². The number of halogens is 4. The Balaban J connectivity index is 0.000000254. The van der Waals surface area contributed by atoms with E-state index in [2.05, 4.69) is 65.8 Å². The van der Waals surface area contributed by atoms with Crippen LogP contribution in [0.25, 0.3) is 33.5 Å². The van der Waals surface area contributed by atoms with E-state index in [1.54, 1.807) is 112 Å². The highest BCUT2D eigenvalue weighted by Crippen LogP contribution is 2.65.